The molecule has 0 spiro atoms. The number of piperidine rings is 1. The average Bonchev–Trinajstić information content (AvgIpc) is 2.41. The van der Waals surface area contributed by atoms with Crippen molar-refractivity contribution in [2.24, 2.45) is 5.92 Å². The number of nitro benzene ring substituents is 1. The minimum absolute atomic E-state index is 0.0163. The number of nitrogens with zero attached hydrogens (tertiary/aromatic N) is 1. The zero-order valence-corrected chi connectivity index (χ0v) is 12.0. The number of rotatable bonds is 5. The number of hydrogen-bond donors (Lipinski definition) is 2. The molecule has 1 heterocycles. The van der Waals surface area contributed by atoms with Gasteiger partial charge in [-0.25, -0.2) is 12.8 Å². The molecule has 0 aliphatic carbocycles. The minimum Gasteiger partial charge on any atom is -0.316 e. The van der Waals surface area contributed by atoms with E-state index in [2.05, 4.69) is 10.0 Å². The first-order chi connectivity index (χ1) is 9.87. The first-order valence-electron chi connectivity index (χ1n) is 6.52. The molecule has 9 heteroatoms. The van der Waals surface area contributed by atoms with Crippen LogP contribution in [-0.4, -0.2) is 32.2 Å². The molecule has 1 aromatic rings. The Bertz CT molecular complexity index is 629. The van der Waals surface area contributed by atoms with Gasteiger partial charge in [0.1, 0.15) is 0 Å². The number of benzene rings is 1. The summed E-state index contributed by atoms with van der Waals surface area (Å²) < 4.78 is 39.8. The van der Waals surface area contributed by atoms with Gasteiger partial charge in [0.15, 0.2) is 5.82 Å². The molecular formula is C12H16FN3O4S. The van der Waals surface area contributed by atoms with E-state index in [0.717, 1.165) is 31.5 Å². The van der Waals surface area contributed by atoms with E-state index < -0.39 is 26.5 Å². The summed E-state index contributed by atoms with van der Waals surface area (Å²) in [6, 6.07) is 2.81. The summed E-state index contributed by atoms with van der Waals surface area (Å²) in [6.07, 6.45) is 1.71. The molecule has 1 saturated heterocycles. The summed E-state index contributed by atoms with van der Waals surface area (Å²) in [5.41, 5.74) is -0.698. The Balaban J connectivity index is 2.07. The van der Waals surface area contributed by atoms with E-state index in [-0.39, 0.29) is 17.4 Å². The highest BCUT2D eigenvalue weighted by Gasteiger charge is 2.22. The predicted molar refractivity (Wildman–Crippen MR) is 76.1 cm³/mol. The maximum atomic E-state index is 13.7. The second-order valence-corrected chi connectivity index (χ2v) is 6.78. The first kappa shape index (κ1) is 15.6. The van der Waals surface area contributed by atoms with Crippen LogP contribution in [0.25, 0.3) is 0 Å². The Morgan fingerprint density at radius 3 is 2.81 bits per heavy atom. The molecule has 116 valence electrons. The first-order valence-corrected chi connectivity index (χ1v) is 8.18. The predicted octanol–water partition coefficient (Wildman–Crippen LogP) is 1.48. The number of non-ortho nitro benzene ring substituents is 1. The molecule has 2 rings (SSSR count). The number of anilines is 1. The largest absolute Gasteiger partial charge is 0.316 e. The normalized spacial score (nSPS) is 19.2. The SMILES string of the molecule is O=[N+]([O-])c1ccc(NS(=O)(=O)CC2CCCNC2)c(F)c1. The summed E-state index contributed by atoms with van der Waals surface area (Å²) in [4.78, 5) is 9.76. The van der Waals surface area contributed by atoms with Crippen LogP contribution >= 0.6 is 0 Å². The lowest BCUT2D eigenvalue weighted by atomic mass is 10.0. The number of halogens is 1. The molecule has 1 atom stereocenters. The van der Waals surface area contributed by atoms with Crippen molar-refractivity contribution in [2.45, 2.75) is 12.8 Å². The van der Waals surface area contributed by atoms with E-state index in [1.165, 1.54) is 0 Å². The Hall–Kier alpha value is -1.74. The molecule has 1 aliphatic heterocycles. The molecule has 1 unspecified atom stereocenters. The summed E-state index contributed by atoms with van der Waals surface area (Å²) in [5, 5.41) is 13.6. The van der Waals surface area contributed by atoms with E-state index in [1.807, 2.05) is 0 Å². The third kappa shape index (κ3) is 4.36. The van der Waals surface area contributed by atoms with E-state index in [4.69, 9.17) is 0 Å². The van der Waals surface area contributed by atoms with Crippen LogP contribution in [-0.2, 0) is 10.0 Å². The molecule has 0 amide bonds. The zero-order chi connectivity index (χ0) is 15.5. The molecule has 0 saturated carbocycles. The van der Waals surface area contributed by atoms with Crippen LogP contribution in [0.1, 0.15) is 12.8 Å². The fourth-order valence-electron chi connectivity index (χ4n) is 2.29. The van der Waals surface area contributed by atoms with E-state index in [9.17, 15) is 22.9 Å². The summed E-state index contributed by atoms with van der Waals surface area (Å²) in [7, 11) is -3.69. The molecule has 1 aliphatic rings. The number of nitrogens with one attached hydrogen (secondary N) is 2. The standard InChI is InChI=1S/C12H16FN3O4S/c13-11-6-10(16(17)18)3-4-12(11)15-21(19,20)8-9-2-1-5-14-7-9/h3-4,6,9,14-15H,1-2,5,7-8H2. The molecule has 7 nitrogen and oxygen atoms in total. The van der Waals surface area contributed by atoms with Gasteiger partial charge in [-0.15, -0.1) is 0 Å². The van der Waals surface area contributed by atoms with E-state index in [0.29, 0.717) is 12.6 Å². The van der Waals surface area contributed by atoms with Gasteiger partial charge < -0.3 is 5.32 Å². The molecule has 0 radical (unpaired) electrons. The van der Waals surface area contributed by atoms with Gasteiger partial charge in [-0.1, -0.05) is 0 Å². The molecule has 1 fully saturated rings. The van der Waals surface area contributed by atoms with Crippen molar-refractivity contribution in [1.29, 1.82) is 0 Å². The fourth-order valence-corrected chi connectivity index (χ4v) is 3.78. The topological polar surface area (TPSA) is 101 Å². The molecular weight excluding hydrogens is 301 g/mol. The van der Waals surface area contributed by atoms with Gasteiger partial charge in [0.2, 0.25) is 10.0 Å². The van der Waals surface area contributed by atoms with Crippen LogP contribution in [0.2, 0.25) is 0 Å². The lowest BCUT2D eigenvalue weighted by Crippen LogP contribution is -2.35. The van der Waals surface area contributed by atoms with Crippen molar-refractivity contribution in [1.82, 2.24) is 5.32 Å². The third-order valence-electron chi connectivity index (χ3n) is 3.28. The monoisotopic (exact) mass is 317 g/mol. The highest BCUT2D eigenvalue weighted by Crippen LogP contribution is 2.22. The van der Waals surface area contributed by atoms with Crippen LogP contribution in [0.15, 0.2) is 18.2 Å². The van der Waals surface area contributed by atoms with Gasteiger partial charge in [-0.2, -0.15) is 0 Å². The molecule has 0 bridgehead atoms. The van der Waals surface area contributed by atoms with Gasteiger partial charge in [0.05, 0.1) is 22.4 Å². The maximum Gasteiger partial charge on any atom is 0.272 e. The summed E-state index contributed by atoms with van der Waals surface area (Å²) in [6.45, 7) is 1.49. The Kier molecular flexibility index (Phi) is 4.73. The average molecular weight is 317 g/mol. The Morgan fingerprint density at radius 1 is 1.48 bits per heavy atom. The van der Waals surface area contributed by atoms with Gasteiger partial charge >= 0.3 is 0 Å². The van der Waals surface area contributed by atoms with Crippen molar-refractivity contribution < 1.29 is 17.7 Å². The fraction of sp³-hybridized carbons (Fsp3) is 0.500. The quantitative estimate of drug-likeness (QED) is 0.632. The van der Waals surface area contributed by atoms with Gasteiger partial charge in [0, 0.05) is 6.07 Å². The van der Waals surface area contributed by atoms with Crippen LogP contribution in [0.4, 0.5) is 15.8 Å². The van der Waals surface area contributed by atoms with Crippen molar-refractivity contribution in [2.75, 3.05) is 23.6 Å². The molecule has 21 heavy (non-hydrogen) atoms. The van der Waals surface area contributed by atoms with Crippen LogP contribution < -0.4 is 10.0 Å². The van der Waals surface area contributed by atoms with E-state index >= 15 is 0 Å². The van der Waals surface area contributed by atoms with Gasteiger partial charge in [-0.05, 0) is 37.9 Å². The summed E-state index contributed by atoms with van der Waals surface area (Å²) in [5.74, 6) is -1.08. The second-order valence-electron chi connectivity index (χ2n) is 5.02. The van der Waals surface area contributed by atoms with Crippen LogP contribution in [0, 0.1) is 21.8 Å². The minimum atomic E-state index is -3.69. The lowest BCUT2D eigenvalue weighted by molar-refractivity contribution is -0.385. The molecule has 1 aromatic carbocycles. The highest BCUT2D eigenvalue weighted by atomic mass is 32.2. The third-order valence-corrected chi connectivity index (χ3v) is 4.72. The number of nitro groups is 1. The van der Waals surface area contributed by atoms with Crippen LogP contribution in [0.3, 0.4) is 0 Å². The van der Waals surface area contributed by atoms with Crippen molar-refractivity contribution in [3.63, 3.8) is 0 Å². The van der Waals surface area contributed by atoms with Crippen molar-refractivity contribution in [3.05, 3.63) is 34.1 Å². The molecule has 0 aromatic heterocycles. The van der Waals surface area contributed by atoms with Gasteiger partial charge in [0.25, 0.3) is 5.69 Å². The number of hydrogen-bond acceptors (Lipinski definition) is 5. The Morgan fingerprint density at radius 2 is 2.24 bits per heavy atom. The highest BCUT2D eigenvalue weighted by molar-refractivity contribution is 7.92. The lowest BCUT2D eigenvalue weighted by Gasteiger charge is -2.22. The molecule has 2 N–H and O–H groups in total. The summed E-state index contributed by atoms with van der Waals surface area (Å²) >= 11 is 0. The van der Waals surface area contributed by atoms with Crippen LogP contribution in [0.5, 0.6) is 0 Å². The zero-order valence-electron chi connectivity index (χ0n) is 11.2. The van der Waals surface area contributed by atoms with E-state index in [1.54, 1.807) is 0 Å². The second kappa shape index (κ2) is 6.35. The number of sulfonamides is 1. The smallest absolute Gasteiger partial charge is 0.272 e. The van der Waals surface area contributed by atoms with Crippen molar-refractivity contribution >= 4 is 21.4 Å². The maximum absolute atomic E-state index is 13.7. The van der Waals surface area contributed by atoms with Gasteiger partial charge in [-0.3, -0.25) is 14.8 Å². The Labute approximate surface area is 121 Å². The van der Waals surface area contributed by atoms with Crippen molar-refractivity contribution in [3.8, 4) is 0 Å².